The minimum absolute atomic E-state index is 0.00508. The van der Waals surface area contributed by atoms with E-state index in [-0.39, 0.29) is 26.4 Å². The largest absolute Gasteiger partial charge is 0.492 e. The van der Waals surface area contributed by atoms with Crippen molar-refractivity contribution in [3.8, 4) is 0 Å². The van der Waals surface area contributed by atoms with Gasteiger partial charge in [-0.1, -0.05) is 13.0 Å². The Kier molecular flexibility index (Phi) is 5.21. The number of hydrogen-bond acceptors (Lipinski definition) is 4. The van der Waals surface area contributed by atoms with Crippen LogP contribution in [0.4, 0.5) is 0 Å². The van der Waals surface area contributed by atoms with E-state index >= 15 is 0 Å². The maximum Gasteiger partial charge on any atom is 0.156 e. The zero-order valence-electron chi connectivity index (χ0n) is 8.98. The van der Waals surface area contributed by atoms with Crippen LogP contribution in [0.5, 0.6) is 0 Å². The molecule has 4 heteroatoms. The summed E-state index contributed by atoms with van der Waals surface area (Å²) in [6, 6.07) is 0. The molecule has 1 aliphatic rings. The van der Waals surface area contributed by atoms with Crippen molar-refractivity contribution < 1.29 is 19.7 Å². The second-order valence-corrected chi connectivity index (χ2v) is 3.47. The van der Waals surface area contributed by atoms with Gasteiger partial charge in [0.1, 0.15) is 19.0 Å². The first-order valence-electron chi connectivity index (χ1n) is 5.16. The molecule has 1 unspecified atom stereocenters. The molecule has 0 aliphatic heterocycles. The van der Waals surface area contributed by atoms with Crippen LogP contribution in [-0.4, -0.2) is 36.6 Å². The average molecular weight is 214 g/mol. The molecule has 0 fully saturated rings. The van der Waals surface area contributed by atoms with Crippen LogP contribution in [0, 0.1) is 5.92 Å². The maximum absolute atomic E-state index is 8.68. The highest BCUT2D eigenvalue weighted by atomic mass is 16.5. The molecular weight excluding hydrogens is 196 g/mol. The van der Waals surface area contributed by atoms with Gasteiger partial charge in [0.2, 0.25) is 0 Å². The fourth-order valence-electron chi connectivity index (χ4n) is 1.39. The molecule has 0 saturated heterocycles. The zero-order valence-corrected chi connectivity index (χ0v) is 8.98. The molecule has 0 bridgehead atoms. The fourth-order valence-corrected chi connectivity index (χ4v) is 1.39. The van der Waals surface area contributed by atoms with Gasteiger partial charge in [0.25, 0.3) is 0 Å². The third-order valence-electron chi connectivity index (χ3n) is 2.07. The van der Waals surface area contributed by atoms with Crippen LogP contribution >= 0.6 is 0 Å². The Morgan fingerprint density at radius 3 is 2.60 bits per heavy atom. The van der Waals surface area contributed by atoms with Gasteiger partial charge >= 0.3 is 0 Å². The molecule has 0 amide bonds. The monoisotopic (exact) mass is 214 g/mol. The highest BCUT2D eigenvalue weighted by Gasteiger charge is 2.15. The first-order valence-corrected chi connectivity index (χ1v) is 5.16. The van der Waals surface area contributed by atoms with Gasteiger partial charge in [0, 0.05) is 6.42 Å². The summed E-state index contributed by atoms with van der Waals surface area (Å²) in [4.78, 5) is 0. The smallest absolute Gasteiger partial charge is 0.156 e. The molecule has 0 heterocycles. The highest BCUT2D eigenvalue weighted by molar-refractivity contribution is 5.22. The second-order valence-electron chi connectivity index (χ2n) is 3.47. The lowest BCUT2D eigenvalue weighted by atomic mass is 10.0. The molecule has 1 aliphatic carbocycles. The van der Waals surface area contributed by atoms with Crippen molar-refractivity contribution >= 4 is 0 Å². The topological polar surface area (TPSA) is 58.9 Å². The number of aliphatic hydroxyl groups is 2. The summed E-state index contributed by atoms with van der Waals surface area (Å²) in [6.07, 6.45) is 4.67. The average Bonchev–Trinajstić information content (AvgIpc) is 2.25. The number of rotatable bonds is 6. The molecule has 1 atom stereocenters. The third-order valence-corrected chi connectivity index (χ3v) is 2.07. The third kappa shape index (κ3) is 3.93. The van der Waals surface area contributed by atoms with Crippen LogP contribution in [0.15, 0.2) is 23.7 Å². The molecule has 0 aromatic heterocycles. The summed E-state index contributed by atoms with van der Waals surface area (Å²) in [5, 5.41) is 17.3. The molecular formula is C11H18O4. The molecule has 0 radical (unpaired) electrons. The fraction of sp³-hybridized carbons (Fsp3) is 0.636. The Bertz CT molecular complexity index is 245. The van der Waals surface area contributed by atoms with Gasteiger partial charge in [-0.25, -0.2) is 0 Å². The predicted octanol–water partition coefficient (Wildman–Crippen LogP) is 0.812. The Morgan fingerprint density at radius 1 is 1.27 bits per heavy atom. The standard InChI is InChI=1S/C11H18O4/c1-9-2-3-10(14-6-4-12)11(8-9)15-7-5-13/h2-3,9,12-13H,4-8H2,1H3. The van der Waals surface area contributed by atoms with Gasteiger partial charge in [0.05, 0.1) is 13.2 Å². The Hall–Kier alpha value is -1.00. The van der Waals surface area contributed by atoms with Crippen molar-refractivity contribution in [1.29, 1.82) is 0 Å². The molecule has 15 heavy (non-hydrogen) atoms. The molecule has 2 N–H and O–H groups in total. The maximum atomic E-state index is 8.68. The Balaban J connectivity index is 2.59. The van der Waals surface area contributed by atoms with Crippen molar-refractivity contribution in [2.24, 2.45) is 5.92 Å². The van der Waals surface area contributed by atoms with Gasteiger partial charge in [0.15, 0.2) is 5.76 Å². The quantitative estimate of drug-likeness (QED) is 0.687. The predicted molar refractivity (Wildman–Crippen MR) is 56.0 cm³/mol. The van der Waals surface area contributed by atoms with E-state index in [4.69, 9.17) is 19.7 Å². The van der Waals surface area contributed by atoms with E-state index in [1.807, 2.05) is 12.2 Å². The number of allylic oxidation sites excluding steroid dienone is 3. The zero-order chi connectivity index (χ0) is 11.1. The van der Waals surface area contributed by atoms with Crippen molar-refractivity contribution in [3.63, 3.8) is 0 Å². The van der Waals surface area contributed by atoms with Crippen LogP contribution in [0.3, 0.4) is 0 Å². The SMILES string of the molecule is CC1C=CC(OCCO)=C(OCCO)C1. The van der Waals surface area contributed by atoms with Gasteiger partial charge < -0.3 is 19.7 Å². The van der Waals surface area contributed by atoms with Crippen LogP contribution in [0.25, 0.3) is 0 Å². The molecule has 86 valence electrons. The Labute approximate surface area is 89.8 Å². The molecule has 0 spiro atoms. The molecule has 0 aromatic carbocycles. The summed E-state index contributed by atoms with van der Waals surface area (Å²) in [5.41, 5.74) is 0. The van der Waals surface area contributed by atoms with E-state index in [0.717, 1.165) is 12.2 Å². The first kappa shape index (κ1) is 12.1. The lowest BCUT2D eigenvalue weighted by Gasteiger charge is -2.20. The van der Waals surface area contributed by atoms with Crippen LogP contribution in [0.2, 0.25) is 0 Å². The van der Waals surface area contributed by atoms with E-state index in [1.54, 1.807) is 0 Å². The minimum atomic E-state index is -0.0137. The molecule has 0 aromatic rings. The summed E-state index contributed by atoms with van der Waals surface area (Å²) < 4.78 is 10.7. The van der Waals surface area contributed by atoms with E-state index < -0.39 is 0 Å². The highest BCUT2D eigenvalue weighted by Crippen LogP contribution is 2.24. The lowest BCUT2D eigenvalue weighted by molar-refractivity contribution is 0.102. The van der Waals surface area contributed by atoms with Gasteiger partial charge in [-0.05, 0) is 12.0 Å². The minimum Gasteiger partial charge on any atom is -0.492 e. The van der Waals surface area contributed by atoms with E-state index in [2.05, 4.69) is 6.92 Å². The van der Waals surface area contributed by atoms with Crippen LogP contribution in [0.1, 0.15) is 13.3 Å². The van der Waals surface area contributed by atoms with Crippen molar-refractivity contribution in [3.05, 3.63) is 23.7 Å². The van der Waals surface area contributed by atoms with E-state index in [1.165, 1.54) is 0 Å². The van der Waals surface area contributed by atoms with Crippen LogP contribution in [-0.2, 0) is 9.47 Å². The second kappa shape index (κ2) is 6.48. The normalized spacial score (nSPS) is 20.6. The van der Waals surface area contributed by atoms with Crippen molar-refractivity contribution in [1.82, 2.24) is 0 Å². The summed E-state index contributed by atoms with van der Waals surface area (Å²) in [7, 11) is 0. The van der Waals surface area contributed by atoms with E-state index in [0.29, 0.717) is 11.7 Å². The van der Waals surface area contributed by atoms with Crippen LogP contribution < -0.4 is 0 Å². The Morgan fingerprint density at radius 2 is 1.93 bits per heavy atom. The molecule has 4 nitrogen and oxygen atoms in total. The van der Waals surface area contributed by atoms with Gasteiger partial charge in [-0.2, -0.15) is 0 Å². The lowest BCUT2D eigenvalue weighted by Crippen LogP contribution is -2.11. The van der Waals surface area contributed by atoms with Gasteiger partial charge in [-0.3, -0.25) is 0 Å². The van der Waals surface area contributed by atoms with E-state index in [9.17, 15) is 0 Å². The first-order chi connectivity index (χ1) is 7.27. The van der Waals surface area contributed by atoms with Gasteiger partial charge in [-0.15, -0.1) is 0 Å². The number of aliphatic hydroxyl groups excluding tert-OH is 2. The summed E-state index contributed by atoms with van der Waals surface area (Å²) >= 11 is 0. The van der Waals surface area contributed by atoms with Crippen molar-refractivity contribution in [2.45, 2.75) is 13.3 Å². The summed E-state index contributed by atoms with van der Waals surface area (Å²) in [6.45, 7) is 2.61. The summed E-state index contributed by atoms with van der Waals surface area (Å²) in [5.74, 6) is 1.84. The number of ether oxygens (including phenoxy) is 2. The molecule has 0 saturated carbocycles. The van der Waals surface area contributed by atoms with Crippen molar-refractivity contribution in [2.75, 3.05) is 26.4 Å². The molecule has 1 rings (SSSR count). The number of hydrogen-bond donors (Lipinski definition) is 2.